The molecule has 0 fully saturated rings. The fourth-order valence-electron chi connectivity index (χ4n) is 2.96. The molecule has 180 valence electrons. The molecule has 0 heterocycles. The normalized spacial score (nSPS) is 12.7. The Balaban J connectivity index is 3.28. The van der Waals surface area contributed by atoms with E-state index in [-0.39, 0.29) is 12.3 Å². The molecule has 9 nitrogen and oxygen atoms in total. The smallest absolute Gasteiger partial charge is 0.408 e. The first-order valence-electron chi connectivity index (χ1n) is 10.6. The van der Waals surface area contributed by atoms with E-state index in [0.717, 1.165) is 4.90 Å². The van der Waals surface area contributed by atoms with Crippen LogP contribution in [0.5, 0.6) is 0 Å². The van der Waals surface area contributed by atoms with Crippen LogP contribution in [0.25, 0.3) is 0 Å². The van der Waals surface area contributed by atoms with Crippen molar-refractivity contribution in [1.82, 2.24) is 15.5 Å². The maximum absolute atomic E-state index is 13.5. The molecule has 0 aromatic heterocycles. The van der Waals surface area contributed by atoms with Crippen molar-refractivity contribution in [2.45, 2.75) is 58.7 Å². The lowest BCUT2D eigenvalue weighted by Crippen LogP contribution is -2.52. The van der Waals surface area contributed by atoms with E-state index in [2.05, 4.69) is 21.4 Å². The van der Waals surface area contributed by atoms with Gasteiger partial charge in [-0.3, -0.25) is 19.3 Å². The minimum Gasteiger partial charge on any atom is -0.468 e. The van der Waals surface area contributed by atoms with Crippen molar-refractivity contribution < 1.29 is 28.7 Å². The maximum atomic E-state index is 13.5. The highest BCUT2D eigenvalue weighted by molar-refractivity contribution is 5.94. The van der Waals surface area contributed by atoms with Crippen LogP contribution in [0.4, 0.5) is 4.79 Å². The second-order valence-electron chi connectivity index (χ2n) is 8.77. The standard InChI is InChI=1S/C24H33N3O6/c1-8-27(22(30)18(14-16(2)3)26-23(31)33-24(4,5)6)20(17-12-10-9-11-13-17)21(29)25-15-19(28)32-7/h1,9-13,16,18,20H,14-15H2,2-7H3,(H,25,29)(H,26,31). The number of amides is 3. The van der Waals surface area contributed by atoms with Crippen LogP contribution in [0.3, 0.4) is 0 Å². The first-order chi connectivity index (χ1) is 15.4. The van der Waals surface area contributed by atoms with Crippen LogP contribution in [-0.2, 0) is 23.9 Å². The number of hydrogen-bond donors (Lipinski definition) is 2. The number of terminal acetylenes is 1. The lowest BCUT2D eigenvalue weighted by atomic mass is 9.99. The van der Waals surface area contributed by atoms with Crippen molar-refractivity contribution in [3.63, 3.8) is 0 Å². The van der Waals surface area contributed by atoms with Crippen LogP contribution in [-0.4, -0.2) is 54.1 Å². The fraction of sp³-hybridized carbons (Fsp3) is 0.500. The van der Waals surface area contributed by atoms with Crippen LogP contribution in [0.1, 0.15) is 52.6 Å². The molecule has 9 heteroatoms. The number of nitrogens with one attached hydrogen (secondary N) is 2. The summed E-state index contributed by atoms with van der Waals surface area (Å²) in [6.45, 7) is 8.49. The van der Waals surface area contributed by atoms with E-state index in [1.165, 1.54) is 7.11 Å². The van der Waals surface area contributed by atoms with Gasteiger partial charge >= 0.3 is 12.1 Å². The summed E-state index contributed by atoms with van der Waals surface area (Å²) in [4.78, 5) is 51.3. The van der Waals surface area contributed by atoms with Gasteiger partial charge in [0.05, 0.1) is 7.11 Å². The Morgan fingerprint density at radius 1 is 1.12 bits per heavy atom. The Labute approximate surface area is 195 Å². The van der Waals surface area contributed by atoms with Gasteiger partial charge in [0, 0.05) is 6.04 Å². The highest BCUT2D eigenvalue weighted by Crippen LogP contribution is 2.23. The van der Waals surface area contributed by atoms with Gasteiger partial charge in [-0.25, -0.2) is 4.79 Å². The van der Waals surface area contributed by atoms with Gasteiger partial charge in [-0.05, 0) is 38.7 Å². The molecular weight excluding hydrogens is 426 g/mol. The first kappa shape index (κ1) is 27.5. The summed E-state index contributed by atoms with van der Waals surface area (Å²) in [7, 11) is 1.19. The molecule has 3 amide bonds. The van der Waals surface area contributed by atoms with E-state index in [1.807, 2.05) is 13.8 Å². The molecule has 0 saturated heterocycles. The summed E-state index contributed by atoms with van der Waals surface area (Å²) < 4.78 is 9.83. The molecule has 1 aromatic rings. The van der Waals surface area contributed by atoms with Crippen molar-refractivity contribution in [2.24, 2.45) is 5.92 Å². The predicted octanol–water partition coefficient (Wildman–Crippen LogP) is 2.38. The second kappa shape index (κ2) is 12.5. The third kappa shape index (κ3) is 9.23. The molecule has 0 spiro atoms. The Morgan fingerprint density at radius 3 is 2.21 bits per heavy atom. The highest BCUT2D eigenvalue weighted by Gasteiger charge is 2.36. The van der Waals surface area contributed by atoms with Crippen molar-refractivity contribution in [2.75, 3.05) is 13.7 Å². The van der Waals surface area contributed by atoms with Gasteiger partial charge in [0.15, 0.2) is 0 Å². The third-order valence-corrected chi connectivity index (χ3v) is 4.33. The molecule has 0 aliphatic carbocycles. The number of esters is 1. The zero-order valence-corrected chi connectivity index (χ0v) is 20.0. The molecular formula is C24H33N3O6. The third-order valence-electron chi connectivity index (χ3n) is 4.33. The van der Waals surface area contributed by atoms with Crippen LogP contribution < -0.4 is 10.6 Å². The van der Waals surface area contributed by atoms with Crippen molar-refractivity contribution in [3.05, 3.63) is 35.9 Å². The SMILES string of the molecule is C#CN(C(=O)C(CC(C)C)NC(=O)OC(C)(C)C)C(C(=O)NCC(=O)OC)c1ccccc1. The molecule has 0 aliphatic rings. The second-order valence-corrected chi connectivity index (χ2v) is 8.77. The van der Waals surface area contributed by atoms with Crippen LogP contribution >= 0.6 is 0 Å². The number of hydrogen-bond acceptors (Lipinski definition) is 6. The highest BCUT2D eigenvalue weighted by atomic mass is 16.6. The molecule has 0 saturated carbocycles. The summed E-state index contributed by atoms with van der Waals surface area (Å²) >= 11 is 0. The Hall–Kier alpha value is -3.54. The Bertz CT molecular complexity index is 870. The van der Waals surface area contributed by atoms with Gasteiger partial charge in [0.25, 0.3) is 5.91 Å². The largest absolute Gasteiger partial charge is 0.468 e. The summed E-state index contributed by atoms with van der Waals surface area (Å²) in [6, 6.07) is 8.42. The molecule has 0 aliphatic heterocycles. The van der Waals surface area contributed by atoms with Gasteiger partial charge in [-0.15, -0.1) is 0 Å². The van der Waals surface area contributed by atoms with E-state index >= 15 is 0 Å². The fourth-order valence-corrected chi connectivity index (χ4v) is 2.96. The number of nitrogens with zero attached hydrogens (tertiary/aromatic N) is 1. The summed E-state index contributed by atoms with van der Waals surface area (Å²) in [5, 5.41) is 5.01. The Kier molecular flexibility index (Phi) is 10.4. The average molecular weight is 460 g/mol. The average Bonchev–Trinajstić information content (AvgIpc) is 2.73. The van der Waals surface area contributed by atoms with Gasteiger partial charge in [0.1, 0.15) is 24.2 Å². The van der Waals surface area contributed by atoms with Gasteiger partial charge in [-0.1, -0.05) is 50.6 Å². The van der Waals surface area contributed by atoms with Gasteiger partial charge in [-0.2, -0.15) is 0 Å². The topological polar surface area (TPSA) is 114 Å². The number of ether oxygens (including phenoxy) is 2. The van der Waals surface area contributed by atoms with Crippen LogP contribution in [0.2, 0.25) is 0 Å². The molecule has 2 N–H and O–H groups in total. The Morgan fingerprint density at radius 2 is 1.73 bits per heavy atom. The van der Waals surface area contributed by atoms with Crippen LogP contribution in [0.15, 0.2) is 30.3 Å². The van der Waals surface area contributed by atoms with Crippen molar-refractivity contribution in [1.29, 1.82) is 0 Å². The van der Waals surface area contributed by atoms with Gasteiger partial charge in [0.2, 0.25) is 5.91 Å². The summed E-state index contributed by atoms with van der Waals surface area (Å²) in [5.41, 5.74) is -0.325. The maximum Gasteiger partial charge on any atom is 0.408 e. The lowest BCUT2D eigenvalue weighted by molar-refractivity contribution is -0.143. The molecule has 2 atom stereocenters. The molecule has 0 radical (unpaired) electrons. The minimum absolute atomic E-state index is 0.0248. The van der Waals surface area contributed by atoms with E-state index < -0.39 is 48.1 Å². The number of carbonyl (C=O) groups excluding carboxylic acids is 4. The van der Waals surface area contributed by atoms with E-state index in [4.69, 9.17) is 11.2 Å². The molecule has 0 bridgehead atoms. The monoisotopic (exact) mass is 459 g/mol. The quantitative estimate of drug-likeness (QED) is 0.333. The van der Waals surface area contributed by atoms with E-state index in [1.54, 1.807) is 51.1 Å². The molecule has 33 heavy (non-hydrogen) atoms. The number of benzene rings is 1. The summed E-state index contributed by atoms with van der Waals surface area (Å²) in [5.74, 6) is -1.95. The van der Waals surface area contributed by atoms with Gasteiger partial charge < -0.3 is 20.1 Å². The molecule has 2 unspecified atom stereocenters. The van der Waals surface area contributed by atoms with E-state index in [9.17, 15) is 19.2 Å². The van der Waals surface area contributed by atoms with Crippen molar-refractivity contribution >= 4 is 23.9 Å². The molecule has 1 aromatic carbocycles. The summed E-state index contributed by atoms with van der Waals surface area (Å²) in [6.07, 6.45) is 5.16. The molecule has 1 rings (SSSR count). The number of rotatable bonds is 9. The predicted molar refractivity (Wildman–Crippen MR) is 123 cm³/mol. The first-order valence-corrected chi connectivity index (χ1v) is 10.6. The lowest BCUT2D eigenvalue weighted by Gasteiger charge is -2.31. The number of alkyl carbamates (subject to hydrolysis) is 1. The number of carbonyl (C=O) groups is 4. The van der Waals surface area contributed by atoms with Crippen molar-refractivity contribution in [3.8, 4) is 12.5 Å². The zero-order valence-electron chi connectivity index (χ0n) is 20.0. The zero-order chi connectivity index (χ0) is 25.2. The van der Waals surface area contributed by atoms with Crippen LogP contribution in [0, 0.1) is 18.4 Å². The minimum atomic E-state index is -1.23. The number of methoxy groups -OCH3 is 1. The van der Waals surface area contributed by atoms with E-state index in [0.29, 0.717) is 5.56 Å².